The van der Waals surface area contributed by atoms with Crippen molar-refractivity contribution in [3.8, 4) is 5.82 Å². The molecule has 6 heteroatoms. The maximum absolute atomic E-state index is 6.14. The third kappa shape index (κ3) is 4.08. The van der Waals surface area contributed by atoms with E-state index in [2.05, 4.69) is 52.3 Å². The summed E-state index contributed by atoms with van der Waals surface area (Å²) in [6.07, 6.45) is 8.97. The normalized spacial score (nSPS) is 11.5. The smallest absolute Gasteiger partial charge is 0.193 e. The molecule has 0 radical (unpaired) electrons. The molecule has 0 fully saturated rings. The van der Waals surface area contributed by atoms with Gasteiger partial charge in [-0.1, -0.05) is 32.0 Å². The van der Waals surface area contributed by atoms with Gasteiger partial charge in [0.25, 0.3) is 0 Å². The first-order chi connectivity index (χ1) is 12.7. The lowest BCUT2D eigenvalue weighted by Crippen LogP contribution is -2.24. The summed E-state index contributed by atoms with van der Waals surface area (Å²) in [7, 11) is 0. The zero-order valence-corrected chi connectivity index (χ0v) is 15.2. The van der Waals surface area contributed by atoms with E-state index in [-0.39, 0.29) is 0 Å². The lowest BCUT2D eigenvalue weighted by molar-refractivity contribution is 0.967. The van der Waals surface area contributed by atoms with Crippen LogP contribution in [0.25, 0.3) is 5.82 Å². The van der Waals surface area contributed by atoms with Crippen LogP contribution < -0.4 is 11.1 Å². The Hall–Kier alpha value is -3.15. The Kier molecular flexibility index (Phi) is 5.63. The maximum Gasteiger partial charge on any atom is 0.193 e. The van der Waals surface area contributed by atoms with Gasteiger partial charge in [-0.25, -0.2) is 15.0 Å². The number of nitrogens with one attached hydrogen (secondary N) is 1. The van der Waals surface area contributed by atoms with E-state index in [1.54, 1.807) is 18.7 Å². The zero-order valence-electron chi connectivity index (χ0n) is 15.2. The summed E-state index contributed by atoms with van der Waals surface area (Å²) in [6, 6.07) is 10.2. The number of pyridine rings is 1. The van der Waals surface area contributed by atoms with Gasteiger partial charge in [0.2, 0.25) is 0 Å². The van der Waals surface area contributed by atoms with Crippen molar-refractivity contribution in [1.82, 2.24) is 14.5 Å². The highest BCUT2D eigenvalue weighted by Crippen LogP contribution is 2.22. The van der Waals surface area contributed by atoms with Crippen LogP contribution in [0.3, 0.4) is 0 Å². The number of hydrogen-bond donors (Lipinski definition) is 2. The molecule has 0 saturated heterocycles. The van der Waals surface area contributed by atoms with Crippen LogP contribution in [0, 0.1) is 0 Å². The van der Waals surface area contributed by atoms with Gasteiger partial charge in [0.1, 0.15) is 12.1 Å². The summed E-state index contributed by atoms with van der Waals surface area (Å²) in [5.74, 6) is 1.23. The number of para-hydroxylation sites is 1. The number of aromatic nitrogens is 3. The van der Waals surface area contributed by atoms with E-state index in [1.807, 2.05) is 22.9 Å². The van der Waals surface area contributed by atoms with E-state index >= 15 is 0 Å². The van der Waals surface area contributed by atoms with Crippen LogP contribution in [0.15, 0.2) is 60.2 Å². The molecule has 26 heavy (non-hydrogen) atoms. The summed E-state index contributed by atoms with van der Waals surface area (Å²) in [5, 5.41) is 3.29. The van der Waals surface area contributed by atoms with E-state index in [1.165, 1.54) is 11.1 Å². The molecule has 3 aromatic rings. The first-order valence-corrected chi connectivity index (χ1v) is 8.82. The second-order valence-electron chi connectivity index (χ2n) is 5.98. The molecular formula is C20H24N6. The lowest BCUT2D eigenvalue weighted by atomic mass is 10.0. The number of nitrogens with zero attached hydrogens (tertiary/aromatic N) is 4. The summed E-state index contributed by atoms with van der Waals surface area (Å²) in [5.41, 5.74) is 10.7. The van der Waals surface area contributed by atoms with Crippen LogP contribution in [0.5, 0.6) is 0 Å². The minimum Gasteiger partial charge on any atom is -0.370 e. The number of aliphatic imine (C=N–C) groups is 1. The number of aryl methyl sites for hydroxylation is 2. The molecule has 0 aliphatic rings. The van der Waals surface area contributed by atoms with Crippen LogP contribution in [0.4, 0.5) is 5.69 Å². The lowest BCUT2D eigenvalue weighted by Gasteiger charge is -2.14. The van der Waals surface area contributed by atoms with Crippen LogP contribution in [0.1, 0.15) is 30.5 Å². The molecule has 0 aliphatic carbocycles. The predicted molar refractivity (Wildman–Crippen MR) is 106 cm³/mol. The number of nitrogens with two attached hydrogens (primary N) is 1. The number of benzene rings is 1. The fraction of sp³-hybridized carbons (Fsp3) is 0.250. The van der Waals surface area contributed by atoms with Crippen molar-refractivity contribution < 1.29 is 0 Å². The minimum absolute atomic E-state index is 0.418. The molecule has 3 rings (SSSR count). The third-order valence-corrected chi connectivity index (χ3v) is 4.26. The SMILES string of the molecule is CCc1cccc(CC)c1NC(N)=NCc1ccnc(-n2ccnc2)c1. The van der Waals surface area contributed by atoms with E-state index in [0.29, 0.717) is 12.5 Å². The zero-order chi connectivity index (χ0) is 18.4. The van der Waals surface area contributed by atoms with Crippen molar-refractivity contribution in [1.29, 1.82) is 0 Å². The maximum atomic E-state index is 6.14. The van der Waals surface area contributed by atoms with E-state index in [4.69, 9.17) is 5.73 Å². The van der Waals surface area contributed by atoms with Gasteiger partial charge >= 0.3 is 0 Å². The molecule has 0 spiro atoms. The average Bonchev–Trinajstić information content (AvgIpc) is 3.21. The van der Waals surface area contributed by atoms with Crippen LogP contribution in [-0.4, -0.2) is 20.5 Å². The Morgan fingerprint density at radius 3 is 2.58 bits per heavy atom. The summed E-state index contributed by atoms with van der Waals surface area (Å²) in [4.78, 5) is 12.9. The Labute approximate surface area is 153 Å². The molecule has 0 atom stereocenters. The average molecular weight is 348 g/mol. The van der Waals surface area contributed by atoms with Crippen molar-refractivity contribution in [3.63, 3.8) is 0 Å². The minimum atomic E-state index is 0.418. The quantitative estimate of drug-likeness (QED) is 0.529. The Morgan fingerprint density at radius 1 is 1.15 bits per heavy atom. The standard InChI is InChI=1S/C20H24N6/c1-3-16-6-5-7-17(4-2)19(16)25-20(21)24-13-15-8-9-23-18(12-15)26-11-10-22-14-26/h5-12,14H,3-4,13H2,1-2H3,(H3,21,24,25). The molecule has 0 bridgehead atoms. The molecule has 134 valence electrons. The highest BCUT2D eigenvalue weighted by molar-refractivity contribution is 5.93. The molecule has 0 aliphatic heterocycles. The van der Waals surface area contributed by atoms with Gasteiger partial charge in [-0.2, -0.15) is 0 Å². The summed E-state index contributed by atoms with van der Waals surface area (Å²) in [6.45, 7) is 4.77. The van der Waals surface area contributed by atoms with Gasteiger partial charge < -0.3 is 11.1 Å². The van der Waals surface area contributed by atoms with Gasteiger partial charge in [-0.15, -0.1) is 0 Å². The summed E-state index contributed by atoms with van der Waals surface area (Å²) < 4.78 is 1.86. The van der Waals surface area contributed by atoms with Crippen molar-refractivity contribution in [2.24, 2.45) is 10.7 Å². The van der Waals surface area contributed by atoms with E-state index < -0.39 is 0 Å². The van der Waals surface area contributed by atoms with Crippen molar-refractivity contribution in [3.05, 3.63) is 71.9 Å². The number of guanidine groups is 1. The fourth-order valence-electron chi connectivity index (χ4n) is 2.84. The number of rotatable bonds is 6. The second-order valence-corrected chi connectivity index (χ2v) is 5.98. The van der Waals surface area contributed by atoms with Gasteiger partial charge in [0.05, 0.1) is 6.54 Å². The van der Waals surface area contributed by atoms with Gasteiger partial charge in [0.15, 0.2) is 5.96 Å². The molecule has 6 nitrogen and oxygen atoms in total. The summed E-state index contributed by atoms with van der Waals surface area (Å²) >= 11 is 0. The van der Waals surface area contributed by atoms with Gasteiger partial charge in [0, 0.05) is 24.3 Å². The first kappa shape index (κ1) is 17.7. The predicted octanol–water partition coefficient (Wildman–Crippen LogP) is 3.32. The highest BCUT2D eigenvalue weighted by Gasteiger charge is 2.07. The number of hydrogen-bond acceptors (Lipinski definition) is 3. The van der Waals surface area contributed by atoms with Crippen LogP contribution in [-0.2, 0) is 19.4 Å². The molecule has 1 aromatic carbocycles. The van der Waals surface area contributed by atoms with Crippen molar-refractivity contribution >= 4 is 11.6 Å². The largest absolute Gasteiger partial charge is 0.370 e. The van der Waals surface area contributed by atoms with E-state index in [9.17, 15) is 0 Å². The van der Waals surface area contributed by atoms with Gasteiger partial charge in [-0.3, -0.25) is 4.57 Å². The van der Waals surface area contributed by atoms with Crippen LogP contribution >= 0.6 is 0 Å². The molecular weight excluding hydrogens is 324 g/mol. The Bertz CT molecular complexity index is 861. The van der Waals surface area contributed by atoms with Crippen LogP contribution in [0.2, 0.25) is 0 Å². The van der Waals surface area contributed by atoms with Crippen molar-refractivity contribution in [2.45, 2.75) is 33.2 Å². The third-order valence-electron chi connectivity index (χ3n) is 4.26. The molecule has 0 unspecified atom stereocenters. The topological polar surface area (TPSA) is 81.1 Å². The molecule has 2 aromatic heterocycles. The molecule has 0 amide bonds. The Balaban J connectivity index is 1.75. The number of imidazole rings is 1. The van der Waals surface area contributed by atoms with Crippen molar-refractivity contribution in [2.75, 3.05) is 5.32 Å². The molecule has 2 heterocycles. The second kappa shape index (κ2) is 8.29. The first-order valence-electron chi connectivity index (χ1n) is 8.82. The van der Waals surface area contributed by atoms with E-state index in [0.717, 1.165) is 29.9 Å². The molecule has 0 saturated carbocycles. The van der Waals surface area contributed by atoms with Gasteiger partial charge in [-0.05, 0) is 41.7 Å². The monoisotopic (exact) mass is 348 g/mol. The fourth-order valence-corrected chi connectivity index (χ4v) is 2.84. The molecule has 3 N–H and O–H groups in total. The highest BCUT2D eigenvalue weighted by atomic mass is 15.1. The number of anilines is 1. The Morgan fingerprint density at radius 2 is 1.92 bits per heavy atom.